The van der Waals surface area contributed by atoms with E-state index in [1.807, 2.05) is 73.0 Å². The second kappa shape index (κ2) is 11.0. The van der Waals surface area contributed by atoms with E-state index in [0.29, 0.717) is 17.6 Å². The molecule has 7 nitrogen and oxygen atoms in total. The van der Waals surface area contributed by atoms with Crippen LogP contribution in [0.4, 0.5) is 5.69 Å². The van der Waals surface area contributed by atoms with Crippen molar-refractivity contribution in [2.24, 2.45) is 0 Å². The van der Waals surface area contributed by atoms with Gasteiger partial charge < -0.3 is 10.1 Å². The average Bonchev–Trinajstić information content (AvgIpc) is 3.29. The second-order valence-electron chi connectivity index (χ2n) is 7.61. The van der Waals surface area contributed by atoms with Crippen molar-refractivity contribution in [3.63, 3.8) is 0 Å². The van der Waals surface area contributed by atoms with Crippen LogP contribution in [0.1, 0.15) is 25.0 Å². The van der Waals surface area contributed by atoms with Crippen LogP contribution in [-0.2, 0) is 11.2 Å². The van der Waals surface area contributed by atoms with E-state index in [9.17, 15) is 4.79 Å². The Hall–Kier alpha value is -3.65. The first-order chi connectivity index (χ1) is 16.6. The minimum atomic E-state index is -0.0850. The van der Waals surface area contributed by atoms with Crippen LogP contribution < -0.4 is 10.1 Å². The molecule has 0 fully saturated rings. The highest BCUT2D eigenvalue weighted by atomic mass is 32.2. The van der Waals surface area contributed by atoms with Gasteiger partial charge in [-0.2, -0.15) is 0 Å². The zero-order valence-electron chi connectivity index (χ0n) is 19.5. The summed E-state index contributed by atoms with van der Waals surface area (Å²) in [5, 5.41) is 12.5. The predicted molar refractivity (Wildman–Crippen MR) is 136 cm³/mol. The monoisotopic (exact) mass is 473 g/mol. The van der Waals surface area contributed by atoms with Crippen LogP contribution in [0, 0.1) is 6.92 Å². The van der Waals surface area contributed by atoms with Gasteiger partial charge in [-0.05, 0) is 67.8 Å². The molecule has 0 saturated carbocycles. The number of aromatic nitrogens is 4. The Bertz CT molecular complexity index is 1260. The predicted octanol–water partition coefficient (Wildman–Crippen LogP) is 5.33. The summed E-state index contributed by atoms with van der Waals surface area (Å²) >= 11 is 1.34. The van der Waals surface area contributed by atoms with Gasteiger partial charge in [-0.3, -0.25) is 14.3 Å². The first kappa shape index (κ1) is 23.5. The van der Waals surface area contributed by atoms with Crippen molar-refractivity contribution in [3.05, 3.63) is 78.1 Å². The maximum Gasteiger partial charge on any atom is 0.234 e. The standard InChI is InChI=1S/C26H27N5O2S/c1-4-19-9-6-8-18(3)24(19)28-23(32)17-34-26-30-29-25(20-10-7-15-27-16-20)31(26)21-11-13-22(14-12-21)33-5-2/h6-16H,4-5,17H2,1-3H3,(H,28,32). The summed E-state index contributed by atoms with van der Waals surface area (Å²) in [5.74, 6) is 1.57. The van der Waals surface area contributed by atoms with Gasteiger partial charge in [0.15, 0.2) is 11.0 Å². The zero-order valence-corrected chi connectivity index (χ0v) is 20.3. The topological polar surface area (TPSA) is 81.9 Å². The normalized spacial score (nSPS) is 10.8. The Morgan fingerprint density at radius 3 is 2.59 bits per heavy atom. The molecule has 34 heavy (non-hydrogen) atoms. The number of benzene rings is 2. The van der Waals surface area contributed by atoms with Crippen molar-refractivity contribution in [1.29, 1.82) is 0 Å². The minimum Gasteiger partial charge on any atom is -0.494 e. The summed E-state index contributed by atoms with van der Waals surface area (Å²) in [6, 6.07) is 17.6. The summed E-state index contributed by atoms with van der Waals surface area (Å²) in [6.07, 6.45) is 4.32. The van der Waals surface area contributed by atoms with Gasteiger partial charge in [0.2, 0.25) is 5.91 Å². The highest BCUT2D eigenvalue weighted by molar-refractivity contribution is 7.99. The number of hydrogen-bond donors (Lipinski definition) is 1. The van der Waals surface area contributed by atoms with E-state index >= 15 is 0 Å². The smallest absolute Gasteiger partial charge is 0.234 e. The van der Waals surface area contributed by atoms with Crippen molar-refractivity contribution in [2.75, 3.05) is 17.7 Å². The van der Waals surface area contributed by atoms with Gasteiger partial charge in [-0.1, -0.05) is 36.9 Å². The summed E-state index contributed by atoms with van der Waals surface area (Å²) in [7, 11) is 0. The van der Waals surface area contributed by atoms with Crippen LogP contribution in [0.3, 0.4) is 0 Å². The molecule has 8 heteroatoms. The Morgan fingerprint density at radius 2 is 1.88 bits per heavy atom. The molecular weight excluding hydrogens is 446 g/mol. The number of carbonyl (C=O) groups is 1. The van der Waals surface area contributed by atoms with E-state index in [-0.39, 0.29) is 11.7 Å². The quantitative estimate of drug-likeness (QED) is 0.331. The molecule has 0 atom stereocenters. The molecule has 1 amide bonds. The lowest BCUT2D eigenvalue weighted by Crippen LogP contribution is -2.16. The second-order valence-corrected chi connectivity index (χ2v) is 8.55. The average molecular weight is 474 g/mol. The first-order valence-electron chi connectivity index (χ1n) is 11.2. The maximum absolute atomic E-state index is 12.8. The number of pyridine rings is 1. The van der Waals surface area contributed by atoms with Gasteiger partial charge in [0.05, 0.1) is 12.4 Å². The van der Waals surface area contributed by atoms with E-state index in [1.165, 1.54) is 11.8 Å². The zero-order chi connectivity index (χ0) is 23.9. The number of amides is 1. The molecule has 0 aliphatic rings. The summed E-state index contributed by atoms with van der Waals surface area (Å²) in [4.78, 5) is 17.0. The molecule has 0 aliphatic carbocycles. The van der Waals surface area contributed by atoms with Crippen LogP contribution in [0.2, 0.25) is 0 Å². The lowest BCUT2D eigenvalue weighted by Gasteiger charge is -2.13. The number of para-hydroxylation sites is 1. The molecule has 2 aromatic carbocycles. The van der Waals surface area contributed by atoms with Crippen LogP contribution in [0.25, 0.3) is 17.1 Å². The van der Waals surface area contributed by atoms with Gasteiger partial charge in [0, 0.05) is 29.3 Å². The highest BCUT2D eigenvalue weighted by Gasteiger charge is 2.18. The Kier molecular flexibility index (Phi) is 7.59. The number of nitrogens with zero attached hydrogens (tertiary/aromatic N) is 4. The number of hydrogen-bond acceptors (Lipinski definition) is 6. The molecule has 0 radical (unpaired) electrons. The number of ether oxygens (including phenoxy) is 1. The molecule has 0 spiro atoms. The molecule has 174 valence electrons. The molecule has 2 heterocycles. The molecule has 2 aromatic heterocycles. The van der Waals surface area contributed by atoms with E-state index in [4.69, 9.17) is 4.74 Å². The largest absolute Gasteiger partial charge is 0.494 e. The van der Waals surface area contributed by atoms with Crippen LogP contribution in [0.5, 0.6) is 5.75 Å². The number of anilines is 1. The van der Waals surface area contributed by atoms with Crippen molar-refractivity contribution in [1.82, 2.24) is 19.7 Å². The minimum absolute atomic E-state index is 0.0850. The van der Waals surface area contributed by atoms with E-state index in [2.05, 4.69) is 27.4 Å². The van der Waals surface area contributed by atoms with Crippen LogP contribution >= 0.6 is 11.8 Å². The molecule has 0 saturated heterocycles. The third kappa shape index (κ3) is 5.28. The van der Waals surface area contributed by atoms with Gasteiger partial charge in [0.1, 0.15) is 5.75 Å². The van der Waals surface area contributed by atoms with Gasteiger partial charge in [-0.15, -0.1) is 10.2 Å². The fraction of sp³-hybridized carbons (Fsp3) is 0.231. The number of aryl methyl sites for hydroxylation is 2. The number of thioether (sulfide) groups is 1. The van der Waals surface area contributed by atoms with E-state index < -0.39 is 0 Å². The summed E-state index contributed by atoms with van der Waals surface area (Å²) in [5.41, 5.74) is 4.78. The number of carbonyl (C=O) groups excluding carboxylic acids is 1. The molecule has 0 bridgehead atoms. The summed E-state index contributed by atoms with van der Waals surface area (Å²) in [6.45, 7) is 6.64. The lowest BCUT2D eigenvalue weighted by molar-refractivity contribution is -0.113. The van der Waals surface area contributed by atoms with Crippen LogP contribution in [0.15, 0.2) is 72.1 Å². The van der Waals surface area contributed by atoms with E-state index in [1.54, 1.807) is 12.4 Å². The molecule has 4 rings (SSSR count). The summed E-state index contributed by atoms with van der Waals surface area (Å²) < 4.78 is 7.52. The van der Waals surface area contributed by atoms with Gasteiger partial charge in [0.25, 0.3) is 0 Å². The third-order valence-corrected chi connectivity index (χ3v) is 6.22. The van der Waals surface area contributed by atoms with Crippen LogP contribution in [-0.4, -0.2) is 38.0 Å². The Labute approximate surface area is 203 Å². The number of rotatable bonds is 9. The van der Waals surface area contributed by atoms with Crippen molar-refractivity contribution < 1.29 is 9.53 Å². The highest BCUT2D eigenvalue weighted by Crippen LogP contribution is 2.29. The van der Waals surface area contributed by atoms with E-state index in [0.717, 1.165) is 40.2 Å². The Balaban J connectivity index is 1.59. The maximum atomic E-state index is 12.8. The molecule has 0 aliphatic heterocycles. The Morgan fingerprint density at radius 1 is 1.06 bits per heavy atom. The lowest BCUT2D eigenvalue weighted by atomic mass is 10.1. The van der Waals surface area contributed by atoms with Crippen molar-refractivity contribution in [3.8, 4) is 22.8 Å². The molecule has 0 unspecified atom stereocenters. The first-order valence-corrected chi connectivity index (χ1v) is 12.2. The van der Waals surface area contributed by atoms with Gasteiger partial charge in [-0.25, -0.2) is 0 Å². The fourth-order valence-electron chi connectivity index (χ4n) is 3.64. The van der Waals surface area contributed by atoms with Gasteiger partial charge >= 0.3 is 0 Å². The molecule has 1 N–H and O–H groups in total. The number of nitrogens with one attached hydrogen (secondary N) is 1. The molecular formula is C26H27N5O2S. The van der Waals surface area contributed by atoms with Crippen molar-refractivity contribution in [2.45, 2.75) is 32.3 Å². The third-order valence-electron chi connectivity index (χ3n) is 5.30. The molecule has 4 aromatic rings. The SMILES string of the molecule is CCOc1ccc(-n2c(SCC(=O)Nc3c(C)cccc3CC)nnc2-c2cccnc2)cc1. The fourth-order valence-corrected chi connectivity index (χ4v) is 4.40. The van der Waals surface area contributed by atoms with Crippen molar-refractivity contribution >= 4 is 23.4 Å².